The molecule has 0 bridgehead atoms. The van der Waals surface area contributed by atoms with Gasteiger partial charge in [0.25, 0.3) is 0 Å². The first-order chi connectivity index (χ1) is 9.85. The van der Waals surface area contributed by atoms with Crippen molar-refractivity contribution in [3.8, 4) is 6.07 Å². The summed E-state index contributed by atoms with van der Waals surface area (Å²) in [5.74, 6) is -0.964. The molecule has 21 heavy (non-hydrogen) atoms. The Morgan fingerprint density at radius 1 is 1.52 bits per heavy atom. The number of aliphatic carboxylic acids is 1. The van der Waals surface area contributed by atoms with E-state index >= 15 is 0 Å². The second-order valence-corrected chi connectivity index (χ2v) is 7.11. The summed E-state index contributed by atoms with van der Waals surface area (Å²) in [6, 6.07) is 7.66. The second-order valence-electron chi connectivity index (χ2n) is 5.17. The lowest BCUT2D eigenvalue weighted by molar-refractivity contribution is -0.148. The number of hydrogen-bond donors (Lipinski definition) is 1. The Kier molecular flexibility index (Phi) is 4.03. The molecule has 0 radical (unpaired) electrons. The number of carboxylic acid groups (broad SMARTS) is 1. The van der Waals surface area contributed by atoms with E-state index in [-0.39, 0.29) is 23.5 Å². The van der Waals surface area contributed by atoms with E-state index in [1.807, 2.05) is 6.07 Å². The minimum absolute atomic E-state index is 0.0267. The van der Waals surface area contributed by atoms with Gasteiger partial charge in [-0.05, 0) is 31.0 Å². The Morgan fingerprint density at radius 3 is 2.76 bits per heavy atom. The summed E-state index contributed by atoms with van der Waals surface area (Å²) >= 11 is 0. The molecule has 1 N–H and O–H groups in total. The van der Waals surface area contributed by atoms with Crippen molar-refractivity contribution in [2.75, 3.05) is 13.1 Å². The molecular formula is C14H16N2O4S. The predicted molar refractivity (Wildman–Crippen MR) is 74.9 cm³/mol. The molecule has 1 aromatic carbocycles. The van der Waals surface area contributed by atoms with Crippen LogP contribution in [0, 0.1) is 16.7 Å². The molecule has 2 rings (SSSR count). The molecule has 0 spiro atoms. The van der Waals surface area contributed by atoms with Gasteiger partial charge in [0.15, 0.2) is 0 Å². The molecule has 0 aliphatic carbocycles. The Hall–Kier alpha value is -1.91. The third kappa shape index (κ3) is 2.64. The standard InChI is InChI=1S/C14H16N2O4S/c1-2-14(13(17)18)6-7-16(10-14)21(19,20)12-5-3-4-11(8-12)9-15/h3-5,8H,2,6-7,10H2,1H3,(H,17,18). The lowest BCUT2D eigenvalue weighted by atomic mass is 9.85. The Labute approximate surface area is 123 Å². The number of nitrogens with zero attached hydrogens (tertiary/aromatic N) is 2. The SMILES string of the molecule is CCC1(C(=O)O)CCN(S(=O)(=O)c2cccc(C#N)c2)C1. The predicted octanol–water partition coefficient (Wildman–Crippen LogP) is 1.43. The van der Waals surface area contributed by atoms with Crippen molar-refractivity contribution in [3.05, 3.63) is 29.8 Å². The molecule has 1 saturated heterocycles. The topological polar surface area (TPSA) is 98.5 Å². The number of benzene rings is 1. The van der Waals surface area contributed by atoms with Gasteiger partial charge < -0.3 is 5.11 Å². The van der Waals surface area contributed by atoms with E-state index in [1.54, 1.807) is 6.92 Å². The second kappa shape index (κ2) is 5.47. The van der Waals surface area contributed by atoms with Crippen LogP contribution in [0.15, 0.2) is 29.2 Å². The van der Waals surface area contributed by atoms with Gasteiger partial charge in [0, 0.05) is 13.1 Å². The van der Waals surface area contributed by atoms with Gasteiger partial charge in [0.05, 0.1) is 21.9 Å². The molecule has 1 heterocycles. The molecule has 0 amide bonds. The van der Waals surface area contributed by atoms with Crippen LogP contribution in [-0.2, 0) is 14.8 Å². The van der Waals surface area contributed by atoms with Gasteiger partial charge in [0.1, 0.15) is 0 Å². The number of hydrogen-bond acceptors (Lipinski definition) is 4. The summed E-state index contributed by atoms with van der Waals surface area (Å²) in [4.78, 5) is 11.4. The van der Waals surface area contributed by atoms with E-state index in [0.29, 0.717) is 12.8 Å². The Bertz CT molecular complexity index is 708. The average Bonchev–Trinajstić information content (AvgIpc) is 2.94. The van der Waals surface area contributed by atoms with Crippen LogP contribution in [0.4, 0.5) is 0 Å². The first kappa shape index (κ1) is 15.5. The van der Waals surface area contributed by atoms with Crippen molar-refractivity contribution in [2.24, 2.45) is 5.41 Å². The number of carbonyl (C=O) groups is 1. The van der Waals surface area contributed by atoms with E-state index in [9.17, 15) is 18.3 Å². The van der Waals surface area contributed by atoms with Gasteiger partial charge in [-0.3, -0.25) is 4.79 Å². The molecule has 1 atom stereocenters. The summed E-state index contributed by atoms with van der Waals surface area (Å²) in [6.07, 6.45) is 0.683. The lowest BCUT2D eigenvalue weighted by Crippen LogP contribution is -2.36. The zero-order valence-electron chi connectivity index (χ0n) is 11.6. The highest BCUT2D eigenvalue weighted by molar-refractivity contribution is 7.89. The fourth-order valence-electron chi connectivity index (χ4n) is 2.53. The summed E-state index contributed by atoms with van der Waals surface area (Å²) in [5, 5.41) is 18.2. The van der Waals surface area contributed by atoms with Gasteiger partial charge in [0.2, 0.25) is 10.0 Å². The highest BCUT2D eigenvalue weighted by Crippen LogP contribution is 2.36. The molecule has 0 aromatic heterocycles. The maximum atomic E-state index is 12.6. The molecule has 1 aliphatic heterocycles. The van der Waals surface area contributed by atoms with Crippen LogP contribution in [0.25, 0.3) is 0 Å². The molecule has 112 valence electrons. The minimum Gasteiger partial charge on any atom is -0.481 e. The zero-order valence-corrected chi connectivity index (χ0v) is 12.4. The normalized spacial score (nSPS) is 22.9. The maximum Gasteiger partial charge on any atom is 0.311 e. The third-order valence-electron chi connectivity index (χ3n) is 4.05. The van der Waals surface area contributed by atoms with Crippen molar-refractivity contribution in [3.63, 3.8) is 0 Å². The largest absolute Gasteiger partial charge is 0.481 e. The minimum atomic E-state index is -3.77. The smallest absolute Gasteiger partial charge is 0.311 e. The molecule has 1 fully saturated rings. The van der Waals surface area contributed by atoms with Crippen LogP contribution in [0.3, 0.4) is 0 Å². The number of carboxylic acids is 1. The van der Waals surface area contributed by atoms with Gasteiger partial charge >= 0.3 is 5.97 Å². The molecule has 0 saturated carbocycles. The molecule has 7 heteroatoms. The number of sulfonamides is 1. The monoisotopic (exact) mass is 308 g/mol. The molecule has 6 nitrogen and oxygen atoms in total. The van der Waals surface area contributed by atoms with Gasteiger partial charge in [-0.25, -0.2) is 8.42 Å². The van der Waals surface area contributed by atoms with Crippen molar-refractivity contribution in [2.45, 2.75) is 24.7 Å². The van der Waals surface area contributed by atoms with Crippen LogP contribution >= 0.6 is 0 Å². The van der Waals surface area contributed by atoms with Crippen LogP contribution < -0.4 is 0 Å². The van der Waals surface area contributed by atoms with Crippen LogP contribution in [0.1, 0.15) is 25.3 Å². The molecular weight excluding hydrogens is 292 g/mol. The summed E-state index contributed by atoms with van der Waals surface area (Å²) in [6.45, 7) is 1.90. The molecule has 1 aliphatic rings. The highest BCUT2D eigenvalue weighted by Gasteiger charge is 2.47. The van der Waals surface area contributed by atoms with E-state index in [2.05, 4.69) is 0 Å². The third-order valence-corrected chi connectivity index (χ3v) is 5.89. The maximum absolute atomic E-state index is 12.6. The first-order valence-electron chi connectivity index (χ1n) is 6.59. The van der Waals surface area contributed by atoms with Gasteiger partial charge in [-0.1, -0.05) is 13.0 Å². The van der Waals surface area contributed by atoms with E-state index in [1.165, 1.54) is 28.6 Å². The van der Waals surface area contributed by atoms with Gasteiger partial charge in [-0.2, -0.15) is 9.57 Å². The van der Waals surface area contributed by atoms with E-state index in [0.717, 1.165) is 0 Å². The lowest BCUT2D eigenvalue weighted by Gasteiger charge is -2.23. The fraction of sp³-hybridized carbons (Fsp3) is 0.429. The fourth-order valence-corrected chi connectivity index (χ4v) is 4.10. The van der Waals surface area contributed by atoms with Crippen LogP contribution in [0.5, 0.6) is 0 Å². The van der Waals surface area contributed by atoms with Crippen LogP contribution in [-0.4, -0.2) is 36.9 Å². The van der Waals surface area contributed by atoms with Gasteiger partial charge in [-0.15, -0.1) is 0 Å². The molecule has 1 aromatic rings. The van der Waals surface area contributed by atoms with E-state index in [4.69, 9.17) is 5.26 Å². The van der Waals surface area contributed by atoms with Crippen molar-refractivity contribution in [1.82, 2.24) is 4.31 Å². The molecule has 1 unspecified atom stereocenters. The summed E-state index contributed by atoms with van der Waals surface area (Å²) in [5.41, 5.74) is -0.754. The first-order valence-corrected chi connectivity index (χ1v) is 8.03. The zero-order chi connectivity index (χ0) is 15.7. The van der Waals surface area contributed by atoms with Crippen molar-refractivity contribution in [1.29, 1.82) is 5.26 Å². The Balaban J connectivity index is 2.34. The summed E-state index contributed by atoms with van der Waals surface area (Å²) < 4.78 is 26.3. The Morgan fingerprint density at radius 2 is 2.24 bits per heavy atom. The number of rotatable bonds is 4. The van der Waals surface area contributed by atoms with E-state index < -0.39 is 21.4 Å². The number of nitriles is 1. The highest BCUT2D eigenvalue weighted by atomic mass is 32.2. The van der Waals surface area contributed by atoms with Crippen molar-refractivity contribution >= 4 is 16.0 Å². The quantitative estimate of drug-likeness (QED) is 0.907. The van der Waals surface area contributed by atoms with Crippen molar-refractivity contribution < 1.29 is 18.3 Å². The van der Waals surface area contributed by atoms with Crippen LogP contribution in [0.2, 0.25) is 0 Å². The summed E-state index contributed by atoms with van der Waals surface area (Å²) in [7, 11) is -3.77. The average molecular weight is 308 g/mol.